The van der Waals surface area contributed by atoms with Crippen molar-refractivity contribution in [3.05, 3.63) is 29.8 Å². The Kier molecular flexibility index (Phi) is 7.24. The minimum absolute atomic E-state index is 0.144. The minimum atomic E-state index is -0.564. The molecule has 0 spiro atoms. The highest BCUT2D eigenvalue weighted by Gasteiger charge is 2.39. The molecule has 1 aromatic carbocycles. The van der Waals surface area contributed by atoms with Gasteiger partial charge < -0.3 is 14.7 Å². The van der Waals surface area contributed by atoms with Gasteiger partial charge in [-0.2, -0.15) is 10.2 Å². The molecule has 2 heterocycles. The summed E-state index contributed by atoms with van der Waals surface area (Å²) in [6, 6.07) is 7.78. The lowest BCUT2D eigenvalue weighted by atomic mass is 10.0. The van der Waals surface area contributed by atoms with Crippen LogP contribution < -0.4 is 4.74 Å². The Morgan fingerprint density at radius 1 is 1.28 bits per heavy atom. The van der Waals surface area contributed by atoms with Crippen LogP contribution in [0.3, 0.4) is 0 Å². The van der Waals surface area contributed by atoms with Crippen LogP contribution in [0.5, 0.6) is 5.75 Å². The number of aliphatic hydroxyl groups excluding tert-OH is 1. The maximum Gasteiger partial charge on any atom is 0.222 e. The maximum atomic E-state index is 12.5. The van der Waals surface area contributed by atoms with Gasteiger partial charge in [-0.25, -0.2) is 0 Å². The molecule has 156 valence electrons. The van der Waals surface area contributed by atoms with E-state index in [-0.39, 0.29) is 12.5 Å². The van der Waals surface area contributed by atoms with E-state index in [9.17, 15) is 9.90 Å². The summed E-state index contributed by atoms with van der Waals surface area (Å²) in [5.41, 5.74) is 0.658. The number of hydrogen-bond acceptors (Lipinski definition) is 6. The molecule has 0 saturated carbocycles. The molecule has 1 atom stereocenters. The third-order valence-corrected chi connectivity index (χ3v) is 5.51. The number of terminal acetylenes is 1. The second-order valence-corrected chi connectivity index (χ2v) is 7.80. The van der Waals surface area contributed by atoms with Crippen LogP contribution in [0.25, 0.3) is 0 Å². The lowest BCUT2D eigenvalue weighted by Gasteiger charge is -2.35. The molecule has 7 nitrogen and oxygen atoms in total. The molecule has 1 amide bonds. The van der Waals surface area contributed by atoms with Gasteiger partial charge in [-0.3, -0.25) is 9.69 Å². The van der Waals surface area contributed by atoms with Gasteiger partial charge in [-0.05, 0) is 18.6 Å². The fourth-order valence-electron chi connectivity index (χ4n) is 3.57. The minimum Gasteiger partial charge on any atom is -0.491 e. The normalized spacial score (nSPS) is 18.9. The van der Waals surface area contributed by atoms with Crippen LogP contribution in [0.1, 0.15) is 31.2 Å². The maximum absolute atomic E-state index is 12.5. The molecule has 0 aliphatic carbocycles. The number of carbonyl (C=O) groups excluding carboxylic acids is 1. The van der Waals surface area contributed by atoms with E-state index in [1.807, 2.05) is 36.1 Å². The Balaban J connectivity index is 1.33. The van der Waals surface area contributed by atoms with Crippen molar-refractivity contribution in [3.63, 3.8) is 0 Å². The predicted molar refractivity (Wildman–Crippen MR) is 111 cm³/mol. The summed E-state index contributed by atoms with van der Waals surface area (Å²) < 4.78 is 5.73. The number of aryl methyl sites for hydroxylation is 1. The van der Waals surface area contributed by atoms with Gasteiger partial charge in [-0.15, -0.1) is 12.3 Å². The molecule has 29 heavy (non-hydrogen) atoms. The van der Waals surface area contributed by atoms with E-state index in [1.165, 1.54) is 0 Å². The summed E-state index contributed by atoms with van der Waals surface area (Å²) in [5.74, 6) is 3.55. The van der Waals surface area contributed by atoms with Gasteiger partial charge in [0.1, 0.15) is 18.5 Å². The van der Waals surface area contributed by atoms with Gasteiger partial charge >= 0.3 is 0 Å². The smallest absolute Gasteiger partial charge is 0.222 e. The zero-order valence-electron chi connectivity index (χ0n) is 17.1. The van der Waals surface area contributed by atoms with Crippen LogP contribution in [0, 0.1) is 19.3 Å². The molecule has 1 N–H and O–H groups in total. The highest BCUT2D eigenvalue weighted by atomic mass is 16.5. The lowest BCUT2D eigenvalue weighted by Crippen LogP contribution is -2.51. The molecule has 7 heteroatoms. The largest absolute Gasteiger partial charge is 0.491 e. The number of carbonyl (C=O) groups is 1. The number of hydrogen-bond donors (Lipinski definition) is 1. The number of β-amino-alcohol motifs (C(OH)–C–C–N with tert-alkyl or cyclic N) is 1. The molecule has 1 aromatic rings. The van der Waals surface area contributed by atoms with Crippen LogP contribution in [0.15, 0.2) is 34.5 Å². The van der Waals surface area contributed by atoms with Crippen LogP contribution in [-0.2, 0) is 4.79 Å². The average Bonchev–Trinajstić information content (AvgIpc) is 3.51. The number of piperazine rings is 1. The number of rotatable bonds is 10. The Bertz CT molecular complexity index is 760. The van der Waals surface area contributed by atoms with Gasteiger partial charge in [0.05, 0.1) is 0 Å². The van der Waals surface area contributed by atoms with Gasteiger partial charge in [0, 0.05) is 58.4 Å². The van der Waals surface area contributed by atoms with Crippen LogP contribution >= 0.6 is 0 Å². The molecular formula is C22H30N4O3. The van der Waals surface area contributed by atoms with E-state index in [0.29, 0.717) is 38.9 Å². The Labute approximate surface area is 172 Å². The number of ether oxygens (including phenoxy) is 1. The number of aliphatic hydroxyl groups is 1. The van der Waals surface area contributed by atoms with Crippen LogP contribution in [0.2, 0.25) is 0 Å². The summed E-state index contributed by atoms with van der Waals surface area (Å²) in [6.45, 7) is 5.65. The molecule has 0 aromatic heterocycles. The Morgan fingerprint density at radius 3 is 2.66 bits per heavy atom. The summed E-state index contributed by atoms with van der Waals surface area (Å²) in [5, 5.41) is 18.5. The highest BCUT2D eigenvalue weighted by molar-refractivity contribution is 5.76. The zero-order chi connectivity index (χ0) is 20.7. The SMILES string of the molecule is C#CCCC1(CCC(=O)N2CCN(CC(O)COc3ccccc3C)CC2)N=N1. The first kappa shape index (κ1) is 21.3. The summed E-state index contributed by atoms with van der Waals surface area (Å²) in [4.78, 5) is 16.5. The van der Waals surface area contributed by atoms with Crippen LogP contribution in [-0.4, -0.2) is 71.9 Å². The summed E-state index contributed by atoms with van der Waals surface area (Å²) >= 11 is 0. The van der Waals surface area contributed by atoms with E-state index in [2.05, 4.69) is 21.0 Å². The molecule has 1 fully saturated rings. The second kappa shape index (κ2) is 9.86. The standard InChI is InChI=1S/C22H30N4O3/c1-3-4-10-22(23-24-22)11-9-21(28)26-14-12-25(13-15-26)16-19(27)17-29-20-8-6-5-7-18(20)2/h1,5-8,19,27H,4,9-17H2,2H3. The van der Waals surface area contributed by atoms with E-state index < -0.39 is 11.8 Å². The summed E-state index contributed by atoms with van der Waals surface area (Å²) in [7, 11) is 0. The third-order valence-electron chi connectivity index (χ3n) is 5.51. The van der Waals surface area contributed by atoms with E-state index in [0.717, 1.165) is 30.8 Å². The molecule has 1 unspecified atom stereocenters. The van der Waals surface area contributed by atoms with Crippen molar-refractivity contribution in [2.45, 2.75) is 44.4 Å². The third kappa shape index (κ3) is 6.28. The number of para-hydroxylation sites is 1. The second-order valence-electron chi connectivity index (χ2n) is 7.80. The van der Waals surface area contributed by atoms with Crippen molar-refractivity contribution >= 4 is 5.91 Å². The van der Waals surface area contributed by atoms with Gasteiger partial charge in [0.25, 0.3) is 0 Å². The molecule has 2 aliphatic rings. The van der Waals surface area contributed by atoms with Crippen molar-refractivity contribution < 1.29 is 14.6 Å². The topological polar surface area (TPSA) is 77.7 Å². The highest BCUT2D eigenvalue weighted by Crippen LogP contribution is 2.37. The molecule has 0 radical (unpaired) electrons. The Hall–Kier alpha value is -2.43. The van der Waals surface area contributed by atoms with E-state index in [1.54, 1.807) is 0 Å². The first-order chi connectivity index (χ1) is 14.0. The van der Waals surface area contributed by atoms with Crippen molar-refractivity contribution in [1.29, 1.82) is 0 Å². The molecule has 2 aliphatic heterocycles. The van der Waals surface area contributed by atoms with Crippen molar-refractivity contribution in [2.24, 2.45) is 10.2 Å². The molecule has 0 bridgehead atoms. The summed E-state index contributed by atoms with van der Waals surface area (Å²) in [6.07, 6.45) is 7.19. The quantitative estimate of drug-likeness (QED) is 0.613. The number of amides is 1. The Morgan fingerprint density at radius 2 is 2.00 bits per heavy atom. The molecular weight excluding hydrogens is 368 g/mol. The fourth-order valence-corrected chi connectivity index (χ4v) is 3.57. The zero-order valence-corrected chi connectivity index (χ0v) is 17.1. The van der Waals surface area contributed by atoms with Crippen molar-refractivity contribution in [2.75, 3.05) is 39.3 Å². The fraction of sp³-hybridized carbons (Fsp3) is 0.591. The van der Waals surface area contributed by atoms with Crippen LogP contribution in [0.4, 0.5) is 0 Å². The van der Waals surface area contributed by atoms with E-state index >= 15 is 0 Å². The predicted octanol–water partition coefficient (Wildman–Crippen LogP) is 2.23. The lowest BCUT2D eigenvalue weighted by molar-refractivity contribution is -0.133. The van der Waals surface area contributed by atoms with Gasteiger partial charge in [0.15, 0.2) is 5.66 Å². The first-order valence-electron chi connectivity index (χ1n) is 10.3. The molecule has 1 saturated heterocycles. The molecule has 3 rings (SSSR count). The van der Waals surface area contributed by atoms with Crippen molar-refractivity contribution in [3.8, 4) is 18.1 Å². The monoisotopic (exact) mass is 398 g/mol. The van der Waals surface area contributed by atoms with Gasteiger partial charge in [-0.1, -0.05) is 18.2 Å². The van der Waals surface area contributed by atoms with E-state index in [4.69, 9.17) is 11.2 Å². The number of nitrogens with zero attached hydrogens (tertiary/aromatic N) is 4. The average molecular weight is 399 g/mol. The van der Waals surface area contributed by atoms with Gasteiger partial charge in [0.2, 0.25) is 5.91 Å². The van der Waals surface area contributed by atoms with Crippen molar-refractivity contribution in [1.82, 2.24) is 9.80 Å². The first-order valence-corrected chi connectivity index (χ1v) is 10.3. The number of benzene rings is 1.